The summed E-state index contributed by atoms with van der Waals surface area (Å²) in [7, 11) is 0. The molecule has 1 aromatic rings. The average Bonchev–Trinajstić information content (AvgIpc) is 2.71. The summed E-state index contributed by atoms with van der Waals surface area (Å²) >= 11 is 0. The first-order valence-electron chi connectivity index (χ1n) is 4.99. The van der Waals surface area contributed by atoms with Crippen LogP contribution in [0.15, 0.2) is 16.5 Å². The second-order valence-electron chi connectivity index (χ2n) is 3.20. The van der Waals surface area contributed by atoms with Crippen molar-refractivity contribution in [1.29, 1.82) is 0 Å². The first kappa shape index (κ1) is 11.9. The van der Waals surface area contributed by atoms with Crippen molar-refractivity contribution in [2.75, 3.05) is 13.2 Å². The summed E-state index contributed by atoms with van der Waals surface area (Å²) in [6.07, 6.45) is 0.697. The van der Waals surface area contributed by atoms with E-state index in [1.807, 2.05) is 13.8 Å². The first-order valence-corrected chi connectivity index (χ1v) is 4.99. The minimum atomic E-state index is 0.0229. The van der Waals surface area contributed by atoms with E-state index in [1.54, 1.807) is 12.1 Å². The lowest BCUT2D eigenvalue weighted by molar-refractivity contribution is -0.0171. The standard InChI is InChI=1S/C11H16O4/c1-3-13-7-9(2)14-8-11-5-4-10(6-12)15-11/h4-6,9H,3,7-8H2,1-2H3. The molecule has 15 heavy (non-hydrogen) atoms. The first-order chi connectivity index (χ1) is 7.26. The van der Waals surface area contributed by atoms with E-state index in [-0.39, 0.29) is 6.10 Å². The number of hydrogen-bond acceptors (Lipinski definition) is 4. The Labute approximate surface area is 89.2 Å². The molecule has 84 valence electrons. The Balaban J connectivity index is 2.26. The van der Waals surface area contributed by atoms with Gasteiger partial charge in [0.05, 0.1) is 12.7 Å². The third kappa shape index (κ3) is 4.27. The molecule has 4 nitrogen and oxygen atoms in total. The van der Waals surface area contributed by atoms with Crippen LogP contribution in [0.4, 0.5) is 0 Å². The van der Waals surface area contributed by atoms with Crippen molar-refractivity contribution < 1.29 is 18.7 Å². The van der Waals surface area contributed by atoms with Crippen LogP contribution in [-0.2, 0) is 16.1 Å². The molecule has 0 amide bonds. The molecule has 0 N–H and O–H groups in total. The predicted molar refractivity (Wildman–Crippen MR) is 54.8 cm³/mol. The maximum atomic E-state index is 10.3. The van der Waals surface area contributed by atoms with E-state index in [9.17, 15) is 4.79 Å². The molecule has 0 saturated carbocycles. The largest absolute Gasteiger partial charge is 0.456 e. The summed E-state index contributed by atoms with van der Waals surface area (Å²) in [6, 6.07) is 3.36. The number of hydrogen-bond donors (Lipinski definition) is 0. The normalized spacial score (nSPS) is 12.7. The van der Waals surface area contributed by atoms with Gasteiger partial charge in [0.2, 0.25) is 0 Å². The molecule has 0 aliphatic heterocycles. The topological polar surface area (TPSA) is 48.7 Å². The van der Waals surface area contributed by atoms with Crippen molar-refractivity contribution in [1.82, 2.24) is 0 Å². The monoisotopic (exact) mass is 212 g/mol. The fourth-order valence-corrected chi connectivity index (χ4v) is 1.09. The van der Waals surface area contributed by atoms with Crippen molar-refractivity contribution in [3.63, 3.8) is 0 Å². The predicted octanol–water partition coefficient (Wildman–Crippen LogP) is 2.03. The van der Waals surface area contributed by atoms with E-state index < -0.39 is 0 Å². The summed E-state index contributed by atoms with van der Waals surface area (Å²) in [5.41, 5.74) is 0. The Morgan fingerprint density at radius 3 is 2.93 bits per heavy atom. The van der Waals surface area contributed by atoms with Crippen LogP contribution in [-0.4, -0.2) is 25.6 Å². The number of furan rings is 1. The summed E-state index contributed by atoms with van der Waals surface area (Å²) in [5, 5.41) is 0. The summed E-state index contributed by atoms with van der Waals surface area (Å²) < 4.78 is 15.8. The van der Waals surface area contributed by atoms with Gasteiger partial charge in [-0.25, -0.2) is 0 Å². The lowest BCUT2D eigenvalue weighted by Crippen LogP contribution is -2.15. The number of rotatable bonds is 7. The molecule has 0 aromatic carbocycles. The number of carbonyl (C=O) groups is 1. The molecule has 0 aliphatic carbocycles. The van der Waals surface area contributed by atoms with Gasteiger partial charge in [-0.3, -0.25) is 4.79 Å². The van der Waals surface area contributed by atoms with Crippen molar-refractivity contribution in [3.05, 3.63) is 23.7 Å². The van der Waals surface area contributed by atoms with Crippen LogP contribution in [0.3, 0.4) is 0 Å². The Hall–Kier alpha value is -1.13. The SMILES string of the molecule is CCOCC(C)OCc1ccc(C=O)o1. The molecule has 0 radical (unpaired) electrons. The molecule has 0 aliphatic rings. The third-order valence-corrected chi connectivity index (χ3v) is 1.87. The lowest BCUT2D eigenvalue weighted by atomic mass is 10.4. The highest BCUT2D eigenvalue weighted by Gasteiger charge is 2.05. The van der Waals surface area contributed by atoms with Gasteiger partial charge in [0, 0.05) is 6.61 Å². The van der Waals surface area contributed by atoms with Crippen LogP contribution in [0, 0.1) is 0 Å². The maximum Gasteiger partial charge on any atom is 0.185 e. The lowest BCUT2D eigenvalue weighted by Gasteiger charge is -2.11. The number of carbonyl (C=O) groups excluding carboxylic acids is 1. The highest BCUT2D eigenvalue weighted by atomic mass is 16.5. The van der Waals surface area contributed by atoms with E-state index >= 15 is 0 Å². The average molecular weight is 212 g/mol. The van der Waals surface area contributed by atoms with Gasteiger partial charge in [0.1, 0.15) is 12.4 Å². The fourth-order valence-electron chi connectivity index (χ4n) is 1.09. The number of aldehydes is 1. The summed E-state index contributed by atoms with van der Waals surface area (Å²) in [4.78, 5) is 10.3. The minimum absolute atomic E-state index is 0.0229. The highest BCUT2D eigenvalue weighted by molar-refractivity contribution is 5.70. The van der Waals surface area contributed by atoms with Gasteiger partial charge in [-0.1, -0.05) is 0 Å². The highest BCUT2D eigenvalue weighted by Crippen LogP contribution is 2.08. The van der Waals surface area contributed by atoms with Crippen molar-refractivity contribution in [2.45, 2.75) is 26.6 Å². The molecule has 0 fully saturated rings. The smallest absolute Gasteiger partial charge is 0.185 e. The van der Waals surface area contributed by atoms with Gasteiger partial charge in [0.25, 0.3) is 0 Å². The quantitative estimate of drug-likeness (QED) is 0.649. The summed E-state index contributed by atoms with van der Waals surface area (Å²) in [6.45, 7) is 5.48. The fraction of sp³-hybridized carbons (Fsp3) is 0.545. The number of ether oxygens (including phenoxy) is 2. The minimum Gasteiger partial charge on any atom is -0.456 e. The molecule has 1 atom stereocenters. The molecule has 1 aromatic heterocycles. The molecule has 0 bridgehead atoms. The molecule has 1 unspecified atom stereocenters. The second-order valence-corrected chi connectivity index (χ2v) is 3.20. The third-order valence-electron chi connectivity index (χ3n) is 1.87. The molecule has 1 heterocycles. The Bertz CT molecular complexity index is 293. The van der Waals surface area contributed by atoms with Gasteiger partial charge in [0.15, 0.2) is 12.0 Å². The van der Waals surface area contributed by atoms with Crippen LogP contribution in [0.1, 0.15) is 30.2 Å². The van der Waals surface area contributed by atoms with Gasteiger partial charge >= 0.3 is 0 Å². The van der Waals surface area contributed by atoms with Crippen LogP contribution < -0.4 is 0 Å². The van der Waals surface area contributed by atoms with E-state index in [2.05, 4.69) is 0 Å². The molecule has 0 spiro atoms. The molecule has 0 saturated heterocycles. The van der Waals surface area contributed by atoms with Crippen LogP contribution in [0.5, 0.6) is 0 Å². The molecular formula is C11H16O4. The Kier molecular flexibility index (Phi) is 5.07. The van der Waals surface area contributed by atoms with Crippen LogP contribution in [0.25, 0.3) is 0 Å². The zero-order chi connectivity index (χ0) is 11.1. The van der Waals surface area contributed by atoms with Gasteiger partial charge < -0.3 is 13.9 Å². The van der Waals surface area contributed by atoms with Crippen LogP contribution in [0.2, 0.25) is 0 Å². The second kappa shape index (κ2) is 6.37. The van der Waals surface area contributed by atoms with Crippen LogP contribution >= 0.6 is 0 Å². The maximum absolute atomic E-state index is 10.3. The molecule has 1 rings (SSSR count). The van der Waals surface area contributed by atoms with Gasteiger partial charge in [-0.05, 0) is 26.0 Å². The zero-order valence-corrected chi connectivity index (χ0v) is 9.06. The van der Waals surface area contributed by atoms with Gasteiger partial charge in [-0.2, -0.15) is 0 Å². The molecule has 4 heteroatoms. The van der Waals surface area contributed by atoms with Crippen molar-refractivity contribution in [2.24, 2.45) is 0 Å². The van der Waals surface area contributed by atoms with Crippen molar-refractivity contribution >= 4 is 6.29 Å². The van der Waals surface area contributed by atoms with E-state index in [1.165, 1.54) is 0 Å². The van der Waals surface area contributed by atoms with E-state index in [0.29, 0.717) is 37.6 Å². The molecular weight excluding hydrogens is 196 g/mol. The Morgan fingerprint density at radius 2 is 2.33 bits per heavy atom. The van der Waals surface area contributed by atoms with E-state index in [4.69, 9.17) is 13.9 Å². The zero-order valence-electron chi connectivity index (χ0n) is 9.06. The Morgan fingerprint density at radius 1 is 1.53 bits per heavy atom. The van der Waals surface area contributed by atoms with E-state index in [0.717, 1.165) is 0 Å². The van der Waals surface area contributed by atoms with Gasteiger partial charge in [-0.15, -0.1) is 0 Å². The summed E-state index contributed by atoms with van der Waals surface area (Å²) in [5.74, 6) is 0.978. The van der Waals surface area contributed by atoms with Crippen molar-refractivity contribution in [3.8, 4) is 0 Å².